The Kier molecular flexibility index (Phi) is 4.83. The molecule has 0 saturated heterocycles. The van der Waals surface area contributed by atoms with Gasteiger partial charge in [-0.1, -0.05) is 97.6 Å². The van der Waals surface area contributed by atoms with Crippen molar-refractivity contribution < 1.29 is 8.42 Å². The first kappa shape index (κ1) is 17.1. The zero-order valence-electron chi connectivity index (χ0n) is 13.7. The van der Waals surface area contributed by atoms with E-state index in [0.29, 0.717) is 0 Å². The Bertz CT molecular complexity index is 840. The number of hydrogen-bond donors (Lipinski definition) is 1. The van der Waals surface area contributed by atoms with E-state index in [9.17, 15) is 8.42 Å². The van der Waals surface area contributed by atoms with Crippen LogP contribution in [0.2, 0.25) is 0 Å². The van der Waals surface area contributed by atoms with E-state index in [2.05, 4.69) is 11.3 Å². The van der Waals surface area contributed by atoms with Crippen LogP contribution in [0.25, 0.3) is 0 Å². The molecule has 0 radical (unpaired) electrons. The summed E-state index contributed by atoms with van der Waals surface area (Å²) in [5.74, 6) is 0. The first-order chi connectivity index (χ1) is 12.1. The van der Waals surface area contributed by atoms with Gasteiger partial charge in [-0.2, -0.15) is 4.72 Å². The molecule has 0 aliphatic heterocycles. The molecule has 0 aliphatic carbocycles. The molecule has 0 atom stereocenters. The van der Waals surface area contributed by atoms with Gasteiger partial charge in [-0.05, 0) is 16.7 Å². The van der Waals surface area contributed by atoms with Crippen LogP contribution in [0.1, 0.15) is 16.7 Å². The number of rotatable bonds is 6. The van der Waals surface area contributed by atoms with Crippen molar-refractivity contribution >= 4 is 10.0 Å². The third-order valence-electron chi connectivity index (χ3n) is 4.14. The lowest BCUT2D eigenvalue weighted by atomic mass is 9.78. The van der Waals surface area contributed by atoms with Gasteiger partial charge in [-0.3, -0.25) is 0 Å². The van der Waals surface area contributed by atoms with Gasteiger partial charge in [-0.25, -0.2) is 8.42 Å². The average Bonchev–Trinajstić information content (AvgIpc) is 2.68. The number of nitrogens with one attached hydrogen (secondary N) is 1. The monoisotopic (exact) mass is 349 g/mol. The first-order valence-corrected chi connectivity index (χ1v) is 9.46. The molecular weight excluding hydrogens is 330 g/mol. The lowest BCUT2D eigenvalue weighted by molar-refractivity contribution is 0.534. The maximum atomic E-state index is 12.5. The lowest BCUT2D eigenvalue weighted by Crippen LogP contribution is -2.46. The van der Waals surface area contributed by atoms with Gasteiger partial charge in [0.2, 0.25) is 10.0 Å². The standard InChI is InChI=1S/C21H19NO2S/c1-2-25(23,24)22-21(18-12-6-3-7-13-18,19-14-8-4-9-15-19)20-16-10-5-11-17-20/h2-17,22H,1H2. The molecule has 126 valence electrons. The van der Waals surface area contributed by atoms with Crippen LogP contribution < -0.4 is 4.72 Å². The Balaban J connectivity index is 2.37. The van der Waals surface area contributed by atoms with Crippen LogP contribution in [-0.2, 0) is 15.6 Å². The molecule has 3 aromatic carbocycles. The van der Waals surface area contributed by atoms with E-state index in [0.717, 1.165) is 22.1 Å². The lowest BCUT2D eigenvalue weighted by Gasteiger charge is -2.36. The van der Waals surface area contributed by atoms with Gasteiger partial charge >= 0.3 is 0 Å². The third-order valence-corrected chi connectivity index (χ3v) is 5.16. The zero-order chi connectivity index (χ0) is 17.8. The summed E-state index contributed by atoms with van der Waals surface area (Å²) in [4.78, 5) is 0. The molecule has 0 heterocycles. The summed E-state index contributed by atoms with van der Waals surface area (Å²) in [6, 6.07) is 28.7. The fraction of sp³-hybridized carbons (Fsp3) is 0.0476. The van der Waals surface area contributed by atoms with Gasteiger partial charge in [0.25, 0.3) is 0 Å². The number of hydrogen-bond acceptors (Lipinski definition) is 2. The quantitative estimate of drug-likeness (QED) is 0.683. The predicted molar refractivity (Wildman–Crippen MR) is 101 cm³/mol. The van der Waals surface area contributed by atoms with Gasteiger partial charge in [0.1, 0.15) is 5.54 Å². The van der Waals surface area contributed by atoms with Crippen LogP contribution in [0, 0.1) is 0 Å². The summed E-state index contributed by atoms with van der Waals surface area (Å²) in [6.07, 6.45) is 0. The van der Waals surface area contributed by atoms with Crippen LogP contribution in [0.4, 0.5) is 0 Å². The normalized spacial score (nSPS) is 11.8. The van der Waals surface area contributed by atoms with Crippen molar-refractivity contribution in [1.82, 2.24) is 4.72 Å². The summed E-state index contributed by atoms with van der Waals surface area (Å²) in [6.45, 7) is 3.45. The molecule has 0 unspecified atom stereocenters. The second-order valence-electron chi connectivity index (χ2n) is 5.66. The average molecular weight is 349 g/mol. The first-order valence-electron chi connectivity index (χ1n) is 7.91. The van der Waals surface area contributed by atoms with E-state index in [1.807, 2.05) is 91.0 Å². The van der Waals surface area contributed by atoms with E-state index in [-0.39, 0.29) is 0 Å². The maximum Gasteiger partial charge on any atom is 0.234 e. The maximum absolute atomic E-state index is 12.5. The molecule has 0 aromatic heterocycles. The van der Waals surface area contributed by atoms with Crippen LogP contribution in [0.5, 0.6) is 0 Å². The van der Waals surface area contributed by atoms with Crippen LogP contribution >= 0.6 is 0 Å². The molecule has 4 heteroatoms. The number of benzene rings is 3. The second-order valence-corrected chi connectivity index (χ2v) is 7.29. The summed E-state index contributed by atoms with van der Waals surface area (Å²) in [5, 5.41) is 0.941. The molecule has 25 heavy (non-hydrogen) atoms. The minimum atomic E-state index is -3.71. The number of sulfonamides is 1. The molecule has 0 amide bonds. The van der Waals surface area contributed by atoms with E-state index in [1.54, 1.807) is 0 Å². The van der Waals surface area contributed by atoms with Gasteiger partial charge in [0.15, 0.2) is 0 Å². The fourth-order valence-corrected chi connectivity index (χ4v) is 3.86. The molecule has 1 N–H and O–H groups in total. The zero-order valence-corrected chi connectivity index (χ0v) is 14.5. The Hall–Kier alpha value is -2.69. The van der Waals surface area contributed by atoms with Crippen LogP contribution in [0.15, 0.2) is 103 Å². The minimum absolute atomic E-state index is 0.831. The Morgan fingerprint density at radius 3 is 1.28 bits per heavy atom. The van der Waals surface area contributed by atoms with Crippen LogP contribution in [0.3, 0.4) is 0 Å². The van der Waals surface area contributed by atoms with E-state index in [1.165, 1.54) is 0 Å². The van der Waals surface area contributed by atoms with E-state index in [4.69, 9.17) is 0 Å². The van der Waals surface area contributed by atoms with Crippen molar-refractivity contribution in [1.29, 1.82) is 0 Å². The molecule has 0 aliphatic rings. The predicted octanol–water partition coefficient (Wildman–Crippen LogP) is 4.04. The molecule has 0 spiro atoms. The largest absolute Gasteiger partial charge is 0.234 e. The summed E-state index contributed by atoms with van der Waals surface area (Å²) >= 11 is 0. The van der Waals surface area contributed by atoms with Crippen molar-refractivity contribution in [3.63, 3.8) is 0 Å². The highest BCUT2D eigenvalue weighted by Crippen LogP contribution is 2.37. The van der Waals surface area contributed by atoms with Crippen molar-refractivity contribution in [2.24, 2.45) is 0 Å². The van der Waals surface area contributed by atoms with Gasteiger partial charge in [-0.15, -0.1) is 0 Å². The fourth-order valence-electron chi connectivity index (χ4n) is 3.00. The molecule has 3 nitrogen and oxygen atoms in total. The third kappa shape index (κ3) is 3.40. The SMILES string of the molecule is C=CS(=O)(=O)NC(c1ccccc1)(c1ccccc1)c1ccccc1. The molecule has 3 rings (SSSR count). The Labute approximate surface area is 148 Å². The van der Waals surface area contributed by atoms with Gasteiger partial charge in [0.05, 0.1) is 0 Å². The molecule has 0 fully saturated rings. The van der Waals surface area contributed by atoms with Crippen LogP contribution in [-0.4, -0.2) is 8.42 Å². The Morgan fingerprint density at radius 2 is 1.00 bits per heavy atom. The summed E-state index contributed by atoms with van der Waals surface area (Å²) in [5.41, 5.74) is 1.45. The molecule has 3 aromatic rings. The van der Waals surface area contributed by atoms with E-state index >= 15 is 0 Å². The van der Waals surface area contributed by atoms with Crippen molar-refractivity contribution in [3.05, 3.63) is 120 Å². The van der Waals surface area contributed by atoms with Gasteiger partial charge in [0, 0.05) is 5.41 Å². The summed E-state index contributed by atoms with van der Waals surface area (Å²) < 4.78 is 27.9. The second kappa shape index (κ2) is 7.05. The highest BCUT2D eigenvalue weighted by Gasteiger charge is 2.39. The van der Waals surface area contributed by atoms with E-state index < -0.39 is 15.6 Å². The highest BCUT2D eigenvalue weighted by atomic mass is 32.2. The topological polar surface area (TPSA) is 46.2 Å². The smallest absolute Gasteiger partial charge is 0.208 e. The van der Waals surface area contributed by atoms with Crippen molar-refractivity contribution in [2.45, 2.75) is 5.54 Å². The van der Waals surface area contributed by atoms with Crippen molar-refractivity contribution in [2.75, 3.05) is 0 Å². The minimum Gasteiger partial charge on any atom is -0.208 e. The molecular formula is C21H19NO2S. The van der Waals surface area contributed by atoms with Gasteiger partial charge < -0.3 is 0 Å². The summed E-state index contributed by atoms with van der Waals surface area (Å²) in [7, 11) is -3.71. The molecule has 0 bridgehead atoms. The highest BCUT2D eigenvalue weighted by molar-refractivity contribution is 7.92. The van der Waals surface area contributed by atoms with Crippen molar-refractivity contribution in [3.8, 4) is 0 Å². The Morgan fingerprint density at radius 1 is 0.680 bits per heavy atom. The molecule has 0 saturated carbocycles.